The summed E-state index contributed by atoms with van der Waals surface area (Å²) in [6, 6.07) is 12.2. The summed E-state index contributed by atoms with van der Waals surface area (Å²) in [7, 11) is -2.54. The molecule has 0 radical (unpaired) electrons. The maximum absolute atomic E-state index is 14.4. The highest BCUT2D eigenvalue weighted by Crippen LogP contribution is 2.31. The van der Waals surface area contributed by atoms with Crippen LogP contribution in [0.15, 0.2) is 47.4 Å². The Kier molecular flexibility index (Phi) is 11.1. The minimum absolute atomic E-state index is 0.158. The lowest BCUT2D eigenvalue weighted by Crippen LogP contribution is -2.18. The van der Waals surface area contributed by atoms with Crippen molar-refractivity contribution >= 4 is 20.0 Å². The van der Waals surface area contributed by atoms with Gasteiger partial charge in [0.2, 0.25) is 0 Å². The normalized spacial score (nSPS) is 12.2. The summed E-state index contributed by atoms with van der Waals surface area (Å²) < 4.78 is 43.4. The maximum Gasteiger partial charge on any atom is 0.694 e. The number of halogens is 2. The summed E-state index contributed by atoms with van der Waals surface area (Å²) in [4.78, 5) is 9.17. The average Bonchev–Trinajstić information content (AvgIpc) is 2.71. The second kappa shape index (κ2) is 13.2. The first-order chi connectivity index (χ1) is 14.8. The molecule has 0 aliphatic heterocycles. The average molecular weight is 471 g/mol. The molecule has 0 bridgehead atoms. The summed E-state index contributed by atoms with van der Waals surface area (Å²) >= 11 is 1.51. The highest BCUT2D eigenvalue weighted by molar-refractivity contribution is 7.99. The molecule has 1 unspecified atom stereocenters. The highest BCUT2D eigenvalue weighted by atomic mass is 32.2. The molecule has 0 fully saturated rings. The lowest BCUT2D eigenvalue weighted by atomic mass is 9.80. The number of nitrogens with one attached hydrogen (secondary N) is 1. The Balaban J connectivity index is 1.68. The van der Waals surface area contributed by atoms with Gasteiger partial charge in [-0.15, -0.1) is 21.2 Å². The monoisotopic (exact) mass is 470 g/mol. The molecule has 0 amide bonds. The van der Waals surface area contributed by atoms with Crippen LogP contribution in [0.25, 0.3) is 0 Å². The van der Waals surface area contributed by atoms with E-state index in [1.54, 1.807) is 12.1 Å². The fraction of sp³-hybridized carbons (Fsp3) is 0.478. The van der Waals surface area contributed by atoms with Crippen molar-refractivity contribution in [3.05, 3.63) is 65.2 Å². The molecule has 170 valence electrons. The standard InChI is InChI=1S/C23H30F2NO3PS/c1-23(2,19-8-3-4-9-20(19)24)12-5-6-15-31-22-11-10-18(16-21(22)25)17-26-13-7-14-29-30(27)28/h3-4,8-11,16,26H,5-7,12-15,17H2,1-2H3/p+1. The van der Waals surface area contributed by atoms with Crippen molar-refractivity contribution in [2.45, 2.75) is 56.4 Å². The van der Waals surface area contributed by atoms with Gasteiger partial charge in [0.15, 0.2) is 0 Å². The number of unbranched alkanes of at least 4 members (excludes halogenated alkanes) is 1. The van der Waals surface area contributed by atoms with E-state index in [9.17, 15) is 13.3 Å². The molecule has 2 rings (SSSR count). The lowest BCUT2D eigenvalue weighted by Gasteiger charge is -2.25. The maximum atomic E-state index is 14.4. The van der Waals surface area contributed by atoms with Gasteiger partial charge in [0.25, 0.3) is 0 Å². The number of rotatable bonds is 14. The van der Waals surface area contributed by atoms with E-state index >= 15 is 0 Å². The highest BCUT2D eigenvalue weighted by Gasteiger charge is 2.23. The first-order valence-corrected chi connectivity index (χ1v) is 12.6. The van der Waals surface area contributed by atoms with Crippen LogP contribution in [-0.2, 0) is 21.0 Å². The van der Waals surface area contributed by atoms with Crippen LogP contribution < -0.4 is 5.32 Å². The molecule has 0 heterocycles. The molecule has 2 N–H and O–H groups in total. The molecular formula is C23H31F2NO3PS+. The first-order valence-electron chi connectivity index (χ1n) is 10.5. The zero-order valence-electron chi connectivity index (χ0n) is 18.1. The Labute approximate surface area is 188 Å². The topological polar surface area (TPSA) is 58.6 Å². The zero-order valence-corrected chi connectivity index (χ0v) is 19.8. The third kappa shape index (κ3) is 9.34. The third-order valence-electron chi connectivity index (χ3n) is 5.08. The molecular weight excluding hydrogens is 439 g/mol. The molecule has 0 aromatic heterocycles. The van der Waals surface area contributed by atoms with Gasteiger partial charge in [-0.3, -0.25) is 0 Å². The van der Waals surface area contributed by atoms with Gasteiger partial charge < -0.3 is 5.32 Å². The van der Waals surface area contributed by atoms with Gasteiger partial charge in [-0.25, -0.2) is 8.78 Å². The van der Waals surface area contributed by atoms with Gasteiger partial charge in [0.1, 0.15) is 18.2 Å². The van der Waals surface area contributed by atoms with E-state index in [4.69, 9.17) is 4.89 Å². The van der Waals surface area contributed by atoms with E-state index in [1.807, 2.05) is 18.2 Å². The second-order valence-electron chi connectivity index (χ2n) is 8.04. The molecule has 31 heavy (non-hydrogen) atoms. The molecule has 2 aromatic carbocycles. The summed E-state index contributed by atoms with van der Waals surface area (Å²) in [6.07, 6.45) is 3.37. The van der Waals surface area contributed by atoms with Crippen molar-refractivity contribution in [2.24, 2.45) is 0 Å². The molecule has 0 saturated heterocycles. The SMILES string of the molecule is CC(C)(CCCCSc1ccc(CNCCCO[P+](=O)O)cc1F)c1ccccc1F. The molecule has 8 heteroatoms. The van der Waals surface area contributed by atoms with Crippen LogP contribution in [0.3, 0.4) is 0 Å². The van der Waals surface area contributed by atoms with Crippen LogP contribution in [0, 0.1) is 11.6 Å². The van der Waals surface area contributed by atoms with E-state index in [2.05, 4.69) is 23.7 Å². The molecule has 0 aliphatic carbocycles. The van der Waals surface area contributed by atoms with Crippen molar-refractivity contribution in [3.8, 4) is 0 Å². The number of benzene rings is 2. The van der Waals surface area contributed by atoms with Gasteiger partial charge in [-0.05, 0) is 66.3 Å². The van der Waals surface area contributed by atoms with Crippen molar-refractivity contribution in [3.63, 3.8) is 0 Å². The molecule has 0 saturated carbocycles. The quantitative estimate of drug-likeness (QED) is 0.191. The van der Waals surface area contributed by atoms with Crippen molar-refractivity contribution in [1.82, 2.24) is 5.32 Å². The molecule has 1 atom stereocenters. The summed E-state index contributed by atoms with van der Waals surface area (Å²) in [5.74, 6) is 0.431. The Morgan fingerprint density at radius 1 is 1.10 bits per heavy atom. The van der Waals surface area contributed by atoms with Crippen molar-refractivity contribution in [2.75, 3.05) is 18.9 Å². The van der Waals surface area contributed by atoms with E-state index in [0.717, 1.165) is 36.1 Å². The fourth-order valence-corrected chi connectivity index (χ4v) is 4.55. The lowest BCUT2D eigenvalue weighted by molar-refractivity contribution is 0.276. The molecule has 0 spiro atoms. The summed E-state index contributed by atoms with van der Waals surface area (Å²) in [5, 5.41) is 3.16. The van der Waals surface area contributed by atoms with E-state index < -0.39 is 8.25 Å². The van der Waals surface area contributed by atoms with E-state index in [0.29, 0.717) is 24.4 Å². The van der Waals surface area contributed by atoms with E-state index in [-0.39, 0.29) is 23.7 Å². The fourth-order valence-electron chi connectivity index (χ4n) is 3.34. The second-order valence-corrected chi connectivity index (χ2v) is 9.91. The minimum atomic E-state index is -2.54. The van der Waals surface area contributed by atoms with Crippen LogP contribution >= 0.6 is 20.0 Å². The summed E-state index contributed by atoms with van der Waals surface area (Å²) in [5.41, 5.74) is 1.37. The zero-order chi connectivity index (χ0) is 22.7. The predicted octanol–water partition coefficient (Wildman–Crippen LogP) is 6.35. The smallest absolute Gasteiger partial charge is 0.313 e. The van der Waals surface area contributed by atoms with Gasteiger partial charge in [0, 0.05) is 16.0 Å². The van der Waals surface area contributed by atoms with Crippen molar-refractivity contribution in [1.29, 1.82) is 0 Å². The van der Waals surface area contributed by atoms with E-state index in [1.165, 1.54) is 23.9 Å². The largest absolute Gasteiger partial charge is 0.694 e. The molecule has 2 aromatic rings. The molecule has 4 nitrogen and oxygen atoms in total. The van der Waals surface area contributed by atoms with Crippen LogP contribution in [-0.4, -0.2) is 23.8 Å². The molecule has 0 aliphatic rings. The third-order valence-corrected chi connectivity index (χ3v) is 6.62. The van der Waals surface area contributed by atoms with Gasteiger partial charge in [0.05, 0.1) is 0 Å². The number of thioether (sulfide) groups is 1. The van der Waals surface area contributed by atoms with Gasteiger partial charge in [-0.1, -0.05) is 44.5 Å². The predicted molar refractivity (Wildman–Crippen MR) is 123 cm³/mol. The Bertz CT molecular complexity index is 851. The number of hydrogen-bond donors (Lipinski definition) is 2. The Morgan fingerprint density at radius 2 is 1.87 bits per heavy atom. The summed E-state index contributed by atoms with van der Waals surface area (Å²) in [6.45, 7) is 5.47. The van der Waals surface area contributed by atoms with Crippen molar-refractivity contribution < 1.29 is 22.8 Å². The van der Waals surface area contributed by atoms with Crippen LogP contribution in [0.2, 0.25) is 0 Å². The van der Waals surface area contributed by atoms with Gasteiger partial charge in [-0.2, -0.15) is 0 Å². The van der Waals surface area contributed by atoms with Crippen LogP contribution in [0.4, 0.5) is 8.78 Å². The minimum Gasteiger partial charge on any atom is -0.313 e. The van der Waals surface area contributed by atoms with Crippen LogP contribution in [0.5, 0.6) is 0 Å². The van der Waals surface area contributed by atoms with Gasteiger partial charge >= 0.3 is 8.25 Å². The Morgan fingerprint density at radius 3 is 2.58 bits per heavy atom. The van der Waals surface area contributed by atoms with Crippen LogP contribution in [0.1, 0.15) is 50.7 Å². The first kappa shape index (κ1) is 25.9. The number of hydrogen-bond acceptors (Lipinski definition) is 4. The Hall–Kier alpha value is -1.37.